The summed E-state index contributed by atoms with van der Waals surface area (Å²) in [6.07, 6.45) is 3.71. The Bertz CT molecular complexity index is 1160. The summed E-state index contributed by atoms with van der Waals surface area (Å²) in [5, 5.41) is -0.278. The first-order valence-electron chi connectivity index (χ1n) is 10.2. The minimum Gasteiger partial charge on any atom is -0.497 e. The summed E-state index contributed by atoms with van der Waals surface area (Å²) in [4.78, 5) is 26.8. The van der Waals surface area contributed by atoms with E-state index in [4.69, 9.17) is 9.47 Å². The van der Waals surface area contributed by atoms with E-state index in [0.717, 1.165) is 40.0 Å². The lowest BCUT2D eigenvalue weighted by molar-refractivity contribution is -0.123. The van der Waals surface area contributed by atoms with Crippen LogP contribution >= 0.6 is 11.8 Å². The van der Waals surface area contributed by atoms with E-state index in [1.807, 2.05) is 79.2 Å². The van der Waals surface area contributed by atoms with Crippen LogP contribution in [0.3, 0.4) is 0 Å². The number of amides is 2. The third-order valence-corrected chi connectivity index (χ3v) is 6.07. The Morgan fingerprint density at radius 1 is 0.969 bits per heavy atom. The fourth-order valence-electron chi connectivity index (χ4n) is 3.43. The van der Waals surface area contributed by atoms with Crippen molar-refractivity contribution in [2.24, 2.45) is 0 Å². The maximum Gasteiger partial charge on any atom is 0.293 e. The first-order chi connectivity index (χ1) is 15.4. The van der Waals surface area contributed by atoms with Crippen molar-refractivity contribution in [1.29, 1.82) is 0 Å². The van der Waals surface area contributed by atoms with Gasteiger partial charge in [-0.2, -0.15) is 0 Å². The first kappa shape index (κ1) is 21.8. The number of thioether (sulfide) groups is 1. The Kier molecular flexibility index (Phi) is 6.37. The van der Waals surface area contributed by atoms with E-state index in [2.05, 4.69) is 0 Å². The number of carbonyl (C=O) groups is 2. The zero-order valence-corrected chi connectivity index (χ0v) is 19.0. The van der Waals surface area contributed by atoms with Gasteiger partial charge in [0.1, 0.15) is 18.1 Å². The lowest BCUT2D eigenvalue weighted by atomic mass is 10.2. The van der Waals surface area contributed by atoms with Crippen molar-refractivity contribution < 1.29 is 19.1 Å². The maximum absolute atomic E-state index is 12.8. The number of nitrogens with zero attached hydrogens (tertiary/aromatic N) is 2. The lowest BCUT2D eigenvalue weighted by Crippen LogP contribution is -2.32. The molecule has 6 nitrogen and oxygen atoms in total. The van der Waals surface area contributed by atoms with Gasteiger partial charge in [0.25, 0.3) is 11.1 Å². The topological polar surface area (TPSA) is 60.8 Å². The van der Waals surface area contributed by atoms with Gasteiger partial charge in [0.15, 0.2) is 0 Å². The zero-order valence-electron chi connectivity index (χ0n) is 18.2. The predicted molar refractivity (Wildman–Crippen MR) is 126 cm³/mol. The highest BCUT2D eigenvalue weighted by molar-refractivity contribution is 8.18. The molecule has 32 heavy (non-hydrogen) atoms. The molecule has 0 bridgehead atoms. The van der Waals surface area contributed by atoms with Gasteiger partial charge in [-0.25, -0.2) is 0 Å². The number of ether oxygens (including phenoxy) is 2. The molecule has 1 aromatic heterocycles. The quantitative estimate of drug-likeness (QED) is 0.464. The zero-order chi connectivity index (χ0) is 22.7. The molecule has 3 aromatic rings. The van der Waals surface area contributed by atoms with Crippen molar-refractivity contribution >= 4 is 29.0 Å². The summed E-state index contributed by atoms with van der Waals surface area (Å²) in [5.74, 6) is 1.22. The molecule has 2 heterocycles. The molecule has 0 unspecified atom stereocenters. The van der Waals surface area contributed by atoms with Crippen molar-refractivity contribution in [2.45, 2.75) is 13.8 Å². The van der Waals surface area contributed by atoms with Gasteiger partial charge in [0, 0.05) is 17.6 Å². The van der Waals surface area contributed by atoms with Crippen LogP contribution in [0.1, 0.15) is 16.8 Å². The monoisotopic (exact) mass is 448 g/mol. The average Bonchev–Trinajstić information content (AvgIpc) is 3.29. The van der Waals surface area contributed by atoms with Gasteiger partial charge in [0.05, 0.1) is 18.6 Å². The van der Waals surface area contributed by atoms with E-state index in [1.54, 1.807) is 13.2 Å². The van der Waals surface area contributed by atoms with E-state index in [-0.39, 0.29) is 24.3 Å². The number of hydrogen-bond acceptors (Lipinski definition) is 5. The van der Waals surface area contributed by atoms with Crippen LogP contribution in [0.15, 0.2) is 65.7 Å². The summed E-state index contributed by atoms with van der Waals surface area (Å²) in [6, 6.07) is 17.4. The van der Waals surface area contributed by atoms with E-state index in [9.17, 15) is 9.59 Å². The largest absolute Gasteiger partial charge is 0.497 e. The van der Waals surface area contributed by atoms with Crippen molar-refractivity contribution in [3.05, 3.63) is 82.5 Å². The van der Waals surface area contributed by atoms with Crippen molar-refractivity contribution in [2.75, 3.05) is 20.3 Å². The number of imide groups is 1. The van der Waals surface area contributed by atoms with Gasteiger partial charge >= 0.3 is 0 Å². The molecule has 0 aliphatic carbocycles. The van der Waals surface area contributed by atoms with Crippen LogP contribution in [-0.4, -0.2) is 40.9 Å². The minimum atomic E-state index is -0.289. The number of benzene rings is 2. The number of aryl methyl sites for hydroxylation is 2. The predicted octanol–water partition coefficient (Wildman–Crippen LogP) is 5.22. The van der Waals surface area contributed by atoms with Crippen LogP contribution < -0.4 is 9.47 Å². The number of hydrogen-bond donors (Lipinski definition) is 0. The second-order valence-electron chi connectivity index (χ2n) is 7.48. The SMILES string of the molecule is COc1ccc(-n2cc(/C=C3/SC(=O)N(CCOc4ccc(C)cc4)C3=O)cc2C)cc1. The van der Waals surface area contributed by atoms with Crippen LogP contribution in [-0.2, 0) is 4.79 Å². The molecule has 1 aliphatic rings. The molecule has 164 valence electrons. The Balaban J connectivity index is 1.43. The summed E-state index contributed by atoms with van der Waals surface area (Å²) in [6.45, 7) is 4.46. The maximum atomic E-state index is 12.8. The fraction of sp³-hybridized carbons (Fsp3) is 0.200. The standard InChI is InChI=1S/C25H24N2O4S/c1-17-4-8-22(9-5-17)31-13-12-26-24(28)23(32-25(26)29)15-19-14-18(2)27(16-19)20-6-10-21(30-3)11-7-20/h4-11,14-16H,12-13H2,1-3H3/b23-15+. The van der Waals surface area contributed by atoms with Gasteiger partial charge in [-0.05, 0) is 79.7 Å². The Morgan fingerprint density at radius 3 is 2.34 bits per heavy atom. The van der Waals surface area contributed by atoms with Gasteiger partial charge in [0.2, 0.25) is 0 Å². The third kappa shape index (κ3) is 4.73. The molecular formula is C25H24N2O4S. The average molecular weight is 449 g/mol. The smallest absolute Gasteiger partial charge is 0.293 e. The molecule has 0 saturated carbocycles. The normalized spacial score (nSPS) is 15.0. The van der Waals surface area contributed by atoms with Crippen LogP contribution in [0.2, 0.25) is 0 Å². The van der Waals surface area contributed by atoms with E-state index in [1.165, 1.54) is 4.90 Å². The van der Waals surface area contributed by atoms with Crippen LogP contribution in [0.5, 0.6) is 11.5 Å². The number of aromatic nitrogens is 1. The first-order valence-corrected chi connectivity index (χ1v) is 11.0. The van der Waals surface area contributed by atoms with Gasteiger partial charge in [-0.1, -0.05) is 17.7 Å². The second kappa shape index (κ2) is 9.36. The summed E-state index contributed by atoms with van der Waals surface area (Å²) >= 11 is 0.958. The molecule has 0 radical (unpaired) electrons. The van der Waals surface area contributed by atoms with Gasteiger partial charge in [-0.3, -0.25) is 14.5 Å². The molecule has 1 saturated heterocycles. The summed E-state index contributed by atoms with van der Waals surface area (Å²) in [5.41, 5.74) is 4.01. The molecule has 2 amide bonds. The molecular weight excluding hydrogens is 424 g/mol. The Morgan fingerprint density at radius 2 is 1.66 bits per heavy atom. The number of rotatable bonds is 7. The highest BCUT2D eigenvalue weighted by Gasteiger charge is 2.34. The molecule has 2 aromatic carbocycles. The van der Waals surface area contributed by atoms with Crippen LogP contribution in [0, 0.1) is 13.8 Å². The Labute approximate surface area is 191 Å². The van der Waals surface area contributed by atoms with Gasteiger partial charge in [-0.15, -0.1) is 0 Å². The number of carbonyl (C=O) groups excluding carboxylic acids is 2. The number of methoxy groups -OCH3 is 1. The van der Waals surface area contributed by atoms with Crippen LogP contribution in [0.4, 0.5) is 4.79 Å². The second-order valence-corrected chi connectivity index (χ2v) is 8.47. The molecule has 4 rings (SSSR count). The van der Waals surface area contributed by atoms with Crippen LogP contribution in [0.25, 0.3) is 11.8 Å². The summed E-state index contributed by atoms with van der Waals surface area (Å²) in [7, 11) is 1.63. The highest BCUT2D eigenvalue weighted by atomic mass is 32.2. The lowest BCUT2D eigenvalue weighted by Gasteiger charge is -2.13. The molecule has 1 fully saturated rings. The molecule has 0 spiro atoms. The molecule has 1 aliphatic heterocycles. The Hall–Kier alpha value is -3.45. The van der Waals surface area contributed by atoms with Crippen molar-refractivity contribution in [3.63, 3.8) is 0 Å². The minimum absolute atomic E-state index is 0.210. The summed E-state index contributed by atoms with van der Waals surface area (Å²) < 4.78 is 12.9. The van der Waals surface area contributed by atoms with Crippen molar-refractivity contribution in [3.8, 4) is 17.2 Å². The molecule has 0 atom stereocenters. The van der Waals surface area contributed by atoms with E-state index >= 15 is 0 Å². The van der Waals surface area contributed by atoms with E-state index in [0.29, 0.717) is 10.7 Å². The van der Waals surface area contributed by atoms with E-state index < -0.39 is 0 Å². The van der Waals surface area contributed by atoms with Gasteiger partial charge < -0.3 is 14.0 Å². The third-order valence-electron chi connectivity index (χ3n) is 5.16. The highest BCUT2D eigenvalue weighted by Crippen LogP contribution is 2.32. The van der Waals surface area contributed by atoms with Crippen molar-refractivity contribution in [1.82, 2.24) is 9.47 Å². The molecule has 0 N–H and O–H groups in total. The molecule has 7 heteroatoms. The fourth-order valence-corrected chi connectivity index (χ4v) is 4.30.